The van der Waals surface area contributed by atoms with Gasteiger partial charge in [0, 0.05) is 53.6 Å². The second kappa shape index (κ2) is 11.0. The summed E-state index contributed by atoms with van der Waals surface area (Å²) in [7, 11) is 0. The van der Waals surface area contributed by atoms with Crippen molar-refractivity contribution in [2.45, 2.75) is 0 Å². The SMILES string of the molecule is c1ccc2cc3c(cc2c1)-c1cccc2cccc(c12)N3c1ccc(N(c2ccc3sc4ccccc4c3c2)c2cccc3ccccc23)cc1. The first kappa shape index (κ1) is 28.4. The third-order valence-electron chi connectivity index (χ3n) is 10.5. The van der Waals surface area contributed by atoms with Gasteiger partial charge in [-0.05, 0) is 99.9 Å². The van der Waals surface area contributed by atoms with E-state index in [4.69, 9.17) is 0 Å². The van der Waals surface area contributed by atoms with E-state index in [0.717, 1.165) is 22.7 Å². The van der Waals surface area contributed by atoms with E-state index in [2.05, 4.69) is 192 Å². The van der Waals surface area contributed by atoms with Gasteiger partial charge in [-0.2, -0.15) is 0 Å². The fourth-order valence-corrected chi connectivity index (χ4v) is 9.29. The molecule has 0 saturated carbocycles. The van der Waals surface area contributed by atoms with Crippen molar-refractivity contribution in [1.82, 2.24) is 0 Å². The van der Waals surface area contributed by atoms with E-state index in [-0.39, 0.29) is 0 Å². The van der Waals surface area contributed by atoms with Crippen LogP contribution in [0, 0.1) is 0 Å². The highest BCUT2D eigenvalue weighted by Crippen LogP contribution is 2.52. The average Bonchev–Trinajstić information content (AvgIpc) is 3.56. The molecule has 9 aromatic carbocycles. The molecule has 1 aromatic heterocycles. The number of thiophene rings is 1. The Morgan fingerprint density at radius 2 is 1.04 bits per heavy atom. The van der Waals surface area contributed by atoms with Gasteiger partial charge in [-0.3, -0.25) is 0 Å². The molecule has 51 heavy (non-hydrogen) atoms. The Bertz CT molecular complexity index is 2980. The van der Waals surface area contributed by atoms with Gasteiger partial charge in [0.1, 0.15) is 0 Å². The third-order valence-corrected chi connectivity index (χ3v) is 11.7. The molecule has 0 saturated heterocycles. The van der Waals surface area contributed by atoms with Gasteiger partial charge in [0.05, 0.1) is 17.1 Å². The van der Waals surface area contributed by atoms with Crippen LogP contribution in [0.1, 0.15) is 0 Å². The number of anilines is 6. The largest absolute Gasteiger partial charge is 0.310 e. The number of hydrogen-bond acceptors (Lipinski definition) is 3. The van der Waals surface area contributed by atoms with E-state index >= 15 is 0 Å². The lowest BCUT2D eigenvalue weighted by atomic mass is 9.89. The van der Waals surface area contributed by atoms with Crippen molar-refractivity contribution in [3.63, 3.8) is 0 Å². The normalized spacial score (nSPS) is 12.3. The van der Waals surface area contributed by atoms with Crippen molar-refractivity contribution < 1.29 is 0 Å². The smallest absolute Gasteiger partial charge is 0.0546 e. The van der Waals surface area contributed by atoms with Gasteiger partial charge in [0.2, 0.25) is 0 Å². The summed E-state index contributed by atoms with van der Waals surface area (Å²) in [5, 5.41) is 10.1. The Labute approximate surface area is 299 Å². The molecule has 0 bridgehead atoms. The standard InChI is InChI=1S/C48H30N2S/c1-2-12-34-29-45-41(28-33(34)11-1)40-18-7-14-32-15-9-20-44(48(32)40)50(45)36-24-22-35(23-25-36)49(43-19-8-13-31-10-3-4-16-38(31)43)37-26-27-47-42(30-37)39-17-5-6-21-46(39)51-47/h1-30H. The molecule has 1 aliphatic rings. The van der Waals surface area contributed by atoms with Crippen LogP contribution in [-0.2, 0) is 0 Å². The summed E-state index contributed by atoms with van der Waals surface area (Å²) in [4.78, 5) is 4.87. The zero-order chi connectivity index (χ0) is 33.5. The number of benzene rings is 9. The van der Waals surface area contributed by atoms with Crippen LogP contribution < -0.4 is 9.80 Å². The van der Waals surface area contributed by atoms with Crippen molar-refractivity contribution in [2.24, 2.45) is 0 Å². The van der Waals surface area contributed by atoms with Crippen molar-refractivity contribution in [3.8, 4) is 11.1 Å². The minimum atomic E-state index is 1.11. The third kappa shape index (κ3) is 4.35. The van der Waals surface area contributed by atoms with Gasteiger partial charge < -0.3 is 9.80 Å². The molecule has 238 valence electrons. The van der Waals surface area contributed by atoms with E-state index in [0.29, 0.717) is 0 Å². The van der Waals surface area contributed by atoms with E-state index in [1.54, 1.807) is 0 Å². The molecule has 0 aliphatic carbocycles. The Morgan fingerprint density at radius 1 is 0.392 bits per heavy atom. The van der Waals surface area contributed by atoms with Gasteiger partial charge in [-0.1, -0.05) is 109 Å². The summed E-state index contributed by atoms with van der Waals surface area (Å²) in [6.45, 7) is 0. The fraction of sp³-hybridized carbons (Fsp3) is 0. The lowest BCUT2D eigenvalue weighted by Crippen LogP contribution is -2.15. The molecule has 0 atom stereocenters. The topological polar surface area (TPSA) is 6.48 Å². The quantitative estimate of drug-likeness (QED) is 0.184. The monoisotopic (exact) mass is 666 g/mol. The van der Waals surface area contributed by atoms with Crippen LogP contribution in [0.4, 0.5) is 34.1 Å². The van der Waals surface area contributed by atoms with Crippen molar-refractivity contribution in [3.05, 3.63) is 182 Å². The Morgan fingerprint density at radius 3 is 1.90 bits per heavy atom. The van der Waals surface area contributed by atoms with E-state index < -0.39 is 0 Å². The molecule has 0 N–H and O–H groups in total. The average molecular weight is 667 g/mol. The van der Waals surface area contributed by atoms with Crippen LogP contribution in [0.2, 0.25) is 0 Å². The number of fused-ring (bicyclic) bond motifs is 7. The summed E-state index contributed by atoms with van der Waals surface area (Å²) in [6, 6.07) is 66.9. The molecular formula is C48H30N2S. The molecule has 2 heterocycles. The van der Waals surface area contributed by atoms with Gasteiger partial charge in [0.15, 0.2) is 0 Å². The lowest BCUT2D eigenvalue weighted by molar-refractivity contribution is 1.27. The van der Waals surface area contributed by atoms with E-state index in [9.17, 15) is 0 Å². The van der Waals surface area contributed by atoms with Crippen LogP contribution in [0.5, 0.6) is 0 Å². The molecule has 0 amide bonds. The predicted octanol–water partition coefficient (Wildman–Crippen LogP) is 14.4. The van der Waals surface area contributed by atoms with E-state index in [1.165, 1.54) is 75.0 Å². The van der Waals surface area contributed by atoms with Crippen LogP contribution in [0.25, 0.3) is 63.6 Å². The van der Waals surface area contributed by atoms with Crippen molar-refractivity contribution >= 4 is 98.0 Å². The summed E-state index contributed by atoms with van der Waals surface area (Å²) < 4.78 is 2.62. The first-order chi connectivity index (χ1) is 25.3. The van der Waals surface area contributed by atoms with Gasteiger partial charge in [-0.15, -0.1) is 11.3 Å². The molecule has 2 nitrogen and oxygen atoms in total. The molecule has 0 spiro atoms. The Kier molecular flexibility index (Phi) is 6.16. The highest BCUT2D eigenvalue weighted by molar-refractivity contribution is 7.25. The van der Waals surface area contributed by atoms with Crippen LogP contribution in [0.15, 0.2) is 182 Å². The maximum Gasteiger partial charge on any atom is 0.0546 e. The molecule has 1 aliphatic heterocycles. The van der Waals surface area contributed by atoms with Gasteiger partial charge in [-0.25, -0.2) is 0 Å². The maximum absolute atomic E-state index is 2.45. The zero-order valence-corrected chi connectivity index (χ0v) is 28.4. The second-order valence-corrected chi connectivity index (χ2v) is 14.4. The highest BCUT2D eigenvalue weighted by atomic mass is 32.1. The minimum absolute atomic E-state index is 1.11. The summed E-state index contributed by atoms with van der Waals surface area (Å²) in [5.41, 5.74) is 9.51. The Hall–Kier alpha value is -6.42. The van der Waals surface area contributed by atoms with Gasteiger partial charge >= 0.3 is 0 Å². The fourth-order valence-electron chi connectivity index (χ4n) is 8.20. The number of hydrogen-bond donors (Lipinski definition) is 0. The molecule has 11 rings (SSSR count). The molecule has 10 aromatic rings. The lowest BCUT2D eigenvalue weighted by Gasteiger charge is -2.34. The summed E-state index contributed by atoms with van der Waals surface area (Å²) in [6.07, 6.45) is 0. The van der Waals surface area contributed by atoms with Crippen LogP contribution in [0.3, 0.4) is 0 Å². The first-order valence-electron chi connectivity index (χ1n) is 17.4. The highest BCUT2D eigenvalue weighted by Gasteiger charge is 2.27. The zero-order valence-electron chi connectivity index (χ0n) is 27.6. The van der Waals surface area contributed by atoms with Crippen LogP contribution >= 0.6 is 11.3 Å². The predicted molar refractivity (Wildman–Crippen MR) is 220 cm³/mol. The van der Waals surface area contributed by atoms with Crippen molar-refractivity contribution in [2.75, 3.05) is 9.80 Å². The molecule has 0 fully saturated rings. The first-order valence-corrected chi connectivity index (χ1v) is 18.2. The molecular weight excluding hydrogens is 637 g/mol. The number of rotatable bonds is 4. The van der Waals surface area contributed by atoms with Gasteiger partial charge in [0.25, 0.3) is 0 Å². The maximum atomic E-state index is 2.45. The van der Waals surface area contributed by atoms with Crippen LogP contribution in [-0.4, -0.2) is 0 Å². The molecule has 0 unspecified atom stereocenters. The van der Waals surface area contributed by atoms with E-state index in [1.807, 2.05) is 11.3 Å². The molecule has 3 heteroatoms. The summed E-state index contributed by atoms with van der Waals surface area (Å²) >= 11 is 1.86. The molecule has 0 radical (unpaired) electrons. The van der Waals surface area contributed by atoms with Crippen molar-refractivity contribution in [1.29, 1.82) is 0 Å². The Balaban J connectivity index is 1.11. The minimum Gasteiger partial charge on any atom is -0.310 e. The summed E-state index contributed by atoms with van der Waals surface area (Å²) in [5.74, 6) is 0. The second-order valence-electron chi connectivity index (χ2n) is 13.4. The number of nitrogens with zero attached hydrogens (tertiary/aromatic N) is 2.